The summed E-state index contributed by atoms with van der Waals surface area (Å²) in [6, 6.07) is 1.38. The van der Waals surface area contributed by atoms with E-state index >= 15 is 0 Å². The minimum Gasteiger partial charge on any atom is -0.456 e. The summed E-state index contributed by atoms with van der Waals surface area (Å²) in [5.74, 6) is 4.34. The van der Waals surface area contributed by atoms with Crippen LogP contribution in [0.4, 0.5) is 0 Å². The molecule has 0 spiro atoms. The Hall–Kier alpha value is 0.134. The average molecular weight is 320 g/mol. The molecule has 5 atom stereocenters. The SMILES string of the molecule is C[Si](CCC12CC1C1CC1C1CCCC=C12)O[Si](C)(C)C. The summed E-state index contributed by atoms with van der Waals surface area (Å²) in [5.41, 5.74) is 2.62. The Morgan fingerprint density at radius 2 is 2.14 bits per heavy atom. The van der Waals surface area contributed by atoms with Crippen LogP contribution < -0.4 is 0 Å². The second-order valence-electron chi connectivity index (χ2n) is 9.14. The summed E-state index contributed by atoms with van der Waals surface area (Å²) in [6.07, 6.45) is 11.6. The van der Waals surface area contributed by atoms with Crippen LogP contribution in [0.15, 0.2) is 11.6 Å². The van der Waals surface area contributed by atoms with E-state index in [1.165, 1.54) is 31.7 Å². The number of hydrogen-bond acceptors (Lipinski definition) is 1. The molecule has 0 saturated heterocycles. The highest BCUT2D eigenvalue weighted by atomic mass is 28.4. The van der Waals surface area contributed by atoms with Crippen molar-refractivity contribution in [3.63, 3.8) is 0 Å². The Bertz CT molecular complexity index is 466. The molecule has 0 aromatic rings. The maximum atomic E-state index is 6.39. The van der Waals surface area contributed by atoms with Gasteiger partial charge >= 0.3 is 0 Å². The molecule has 4 aliphatic rings. The lowest BCUT2D eigenvalue weighted by Crippen LogP contribution is -2.34. The summed E-state index contributed by atoms with van der Waals surface area (Å²) in [4.78, 5) is 0. The van der Waals surface area contributed by atoms with Gasteiger partial charge in [0.2, 0.25) is 0 Å². The Labute approximate surface area is 133 Å². The van der Waals surface area contributed by atoms with Gasteiger partial charge in [-0.15, -0.1) is 0 Å². The van der Waals surface area contributed by atoms with Gasteiger partial charge in [-0.2, -0.15) is 0 Å². The van der Waals surface area contributed by atoms with Crippen LogP contribution in [0.5, 0.6) is 0 Å². The Kier molecular flexibility index (Phi) is 3.37. The van der Waals surface area contributed by atoms with E-state index in [0.717, 1.165) is 23.7 Å². The minimum absolute atomic E-state index is 0.563. The summed E-state index contributed by atoms with van der Waals surface area (Å²) < 4.78 is 6.39. The van der Waals surface area contributed by atoms with Crippen LogP contribution in [0.1, 0.15) is 38.5 Å². The molecule has 3 heteroatoms. The third-order valence-corrected chi connectivity index (χ3v) is 11.3. The highest BCUT2D eigenvalue weighted by Gasteiger charge is 2.70. The van der Waals surface area contributed by atoms with Gasteiger partial charge in [0.1, 0.15) is 0 Å². The fourth-order valence-corrected chi connectivity index (χ4v) is 11.1. The Balaban J connectivity index is 1.44. The van der Waals surface area contributed by atoms with Crippen LogP contribution in [0.25, 0.3) is 0 Å². The molecule has 0 aliphatic heterocycles. The van der Waals surface area contributed by atoms with Gasteiger partial charge in [-0.3, -0.25) is 0 Å². The quantitative estimate of drug-likeness (QED) is 0.498. The van der Waals surface area contributed by atoms with Crippen LogP contribution >= 0.6 is 0 Å². The van der Waals surface area contributed by atoms with E-state index in [-0.39, 0.29) is 0 Å². The molecule has 117 valence electrons. The van der Waals surface area contributed by atoms with E-state index in [9.17, 15) is 0 Å². The highest BCUT2D eigenvalue weighted by molar-refractivity contribution is 6.77. The number of allylic oxidation sites excluding steroid dienone is 2. The summed E-state index contributed by atoms with van der Waals surface area (Å²) in [5, 5.41) is 0. The standard InChI is InChI=1S/C18H31OSi2/c1-20(19-21(2,3)4)10-9-18-12-17(18)15-11-14(15)13-7-5-6-8-16(13)18/h8,13-15,17H,5-7,9-12H2,1-4H3. The Morgan fingerprint density at radius 1 is 1.33 bits per heavy atom. The summed E-state index contributed by atoms with van der Waals surface area (Å²) >= 11 is 0. The van der Waals surface area contributed by atoms with Crippen molar-refractivity contribution in [2.45, 2.75) is 70.8 Å². The zero-order chi connectivity index (χ0) is 14.8. The fraction of sp³-hybridized carbons (Fsp3) is 0.889. The molecule has 0 bridgehead atoms. The monoisotopic (exact) mass is 319 g/mol. The maximum absolute atomic E-state index is 6.39. The van der Waals surface area contributed by atoms with E-state index < -0.39 is 17.4 Å². The smallest absolute Gasteiger partial charge is 0.194 e. The van der Waals surface area contributed by atoms with E-state index in [1.54, 1.807) is 12.8 Å². The van der Waals surface area contributed by atoms with Gasteiger partial charge in [-0.05, 0) is 99.8 Å². The van der Waals surface area contributed by atoms with Gasteiger partial charge in [-0.25, -0.2) is 0 Å². The van der Waals surface area contributed by atoms with Crippen LogP contribution in [0.2, 0.25) is 32.2 Å². The molecule has 5 unspecified atom stereocenters. The number of rotatable bonds is 5. The molecule has 0 aromatic carbocycles. The van der Waals surface area contributed by atoms with Gasteiger partial charge in [-0.1, -0.05) is 11.6 Å². The molecule has 21 heavy (non-hydrogen) atoms. The molecule has 0 aromatic heterocycles. The maximum Gasteiger partial charge on any atom is 0.194 e. The van der Waals surface area contributed by atoms with Crippen molar-refractivity contribution in [1.29, 1.82) is 0 Å². The van der Waals surface area contributed by atoms with Crippen molar-refractivity contribution in [3.05, 3.63) is 11.6 Å². The lowest BCUT2D eigenvalue weighted by atomic mass is 9.70. The van der Waals surface area contributed by atoms with Crippen molar-refractivity contribution in [1.82, 2.24) is 0 Å². The van der Waals surface area contributed by atoms with Crippen LogP contribution in [-0.2, 0) is 4.12 Å². The van der Waals surface area contributed by atoms with Crippen LogP contribution in [0, 0.1) is 29.1 Å². The largest absolute Gasteiger partial charge is 0.456 e. The second-order valence-corrected chi connectivity index (χ2v) is 16.1. The minimum atomic E-state index is -1.33. The first kappa shape index (κ1) is 14.7. The topological polar surface area (TPSA) is 9.23 Å². The predicted octanol–water partition coefficient (Wildman–Crippen LogP) is 5.23. The molecule has 0 amide bonds. The van der Waals surface area contributed by atoms with E-state index in [0.29, 0.717) is 5.41 Å². The molecule has 1 radical (unpaired) electrons. The summed E-state index contributed by atoms with van der Waals surface area (Å²) in [7, 11) is -1.89. The van der Waals surface area contributed by atoms with Crippen molar-refractivity contribution in [3.8, 4) is 0 Å². The molecular weight excluding hydrogens is 288 g/mol. The average Bonchev–Trinajstić information content (AvgIpc) is 3.27. The van der Waals surface area contributed by atoms with E-state index in [4.69, 9.17) is 4.12 Å². The van der Waals surface area contributed by atoms with E-state index in [1.807, 2.05) is 5.57 Å². The molecule has 3 fully saturated rings. The van der Waals surface area contributed by atoms with Crippen molar-refractivity contribution >= 4 is 17.4 Å². The van der Waals surface area contributed by atoms with E-state index in [2.05, 4.69) is 32.3 Å². The van der Waals surface area contributed by atoms with Crippen molar-refractivity contribution < 1.29 is 4.12 Å². The van der Waals surface area contributed by atoms with Crippen molar-refractivity contribution in [2.75, 3.05) is 0 Å². The van der Waals surface area contributed by atoms with Crippen LogP contribution in [0.3, 0.4) is 0 Å². The first-order valence-corrected chi connectivity index (χ1v) is 14.6. The molecule has 1 nitrogen and oxygen atoms in total. The molecular formula is C18H31OSi2. The Morgan fingerprint density at radius 3 is 2.90 bits per heavy atom. The first-order valence-electron chi connectivity index (χ1n) is 9.13. The number of fused-ring (bicyclic) bond motifs is 6. The second kappa shape index (κ2) is 4.81. The first-order chi connectivity index (χ1) is 9.91. The lowest BCUT2D eigenvalue weighted by molar-refractivity contribution is 0.299. The summed E-state index contributed by atoms with van der Waals surface area (Å²) in [6.45, 7) is 9.43. The molecule has 0 N–H and O–H groups in total. The zero-order valence-corrected chi connectivity index (χ0v) is 16.2. The fourth-order valence-electron chi connectivity index (χ4n) is 5.71. The molecule has 3 saturated carbocycles. The highest BCUT2D eigenvalue weighted by Crippen LogP contribution is 2.78. The zero-order valence-electron chi connectivity index (χ0n) is 14.2. The molecule has 4 rings (SSSR count). The van der Waals surface area contributed by atoms with Gasteiger partial charge < -0.3 is 4.12 Å². The van der Waals surface area contributed by atoms with Crippen molar-refractivity contribution in [2.24, 2.45) is 29.1 Å². The third-order valence-electron chi connectivity index (χ3n) is 6.52. The normalized spacial score (nSPS) is 43.8. The predicted molar refractivity (Wildman–Crippen MR) is 93.0 cm³/mol. The van der Waals surface area contributed by atoms with Gasteiger partial charge in [0.25, 0.3) is 0 Å². The van der Waals surface area contributed by atoms with Gasteiger partial charge in [0, 0.05) is 0 Å². The van der Waals surface area contributed by atoms with Gasteiger partial charge in [0.05, 0.1) is 0 Å². The lowest BCUT2D eigenvalue weighted by Gasteiger charge is -2.36. The number of hydrogen-bond donors (Lipinski definition) is 0. The molecule has 0 heterocycles. The van der Waals surface area contributed by atoms with Gasteiger partial charge in [0.15, 0.2) is 17.4 Å². The third kappa shape index (κ3) is 2.53. The molecule has 4 aliphatic carbocycles. The van der Waals surface area contributed by atoms with Crippen LogP contribution in [-0.4, -0.2) is 17.4 Å².